The molecule has 1 amide bonds. The molecule has 1 aromatic heterocycles. The summed E-state index contributed by atoms with van der Waals surface area (Å²) in [6.07, 6.45) is 4.65. The fraction of sp³-hybridized carbons (Fsp3) is 0.167. The lowest BCUT2D eigenvalue weighted by Gasteiger charge is -2.06. The maximum Gasteiger partial charge on any atom is 0.266 e. The highest BCUT2D eigenvalue weighted by atomic mass is 35.5. The number of rotatable bonds is 7. The number of carbonyl (C=O) groups excluding carboxylic acids is 1. The molecule has 3 aromatic rings. The molecule has 0 unspecified atom stereocenters. The number of nitrogens with zero attached hydrogens (tertiary/aromatic N) is 1. The predicted molar refractivity (Wildman–Crippen MR) is 121 cm³/mol. The van der Waals surface area contributed by atoms with Gasteiger partial charge in [0.25, 0.3) is 5.91 Å². The molecule has 3 rings (SSSR count). The second-order valence-electron chi connectivity index (χ2n) is 6.72. The van der Waals surface area contributed by atoms with Gasteiger partial charge < -0.3 is 9.73 Å². The third kappa shape index (κ3) is 5.33. The number of nitrogens with one attached hydrogen (secondary N) is 1. The fourth-order valence-electron chi connectivity index (χ4n) is 2.92. The number of hydrogen-bond donors (Lipinski definition) is 1. The maximum absolute atomic E-state index is 12.5. The van der Waals surface area contributed by atoms with Crippen molar-refractivity contribution in [3.8, 4) is 17.4 Å². The van der Waals surface area contributed by atoms with Gasteiger partial charge in [-0.15, -0.1) is 0 Å². The lowest BCUT2D eigenvalue weighted by Crippen LogP contribution is -2.13. The summed E-state index contributed by atoms with van der Waals surface area (Å²) in [5.74, 6) is 0.298. The van der Waals surface area contributed by atoms with Gasteiger partial charge in [-0.2, -0.15) is 5.26 Å². The summed E-state index contributed by atoms with van der Waals surface area (Å²) in [6, 6.07) is 18.1. The van der Waals surface area contributed by atoms with E-state index in [2.05, 4.69) is 12.2 Å². The summed E-state index contributed by atoms with van der Waals surface area (Å²) >= 11 is 12.4. The molecule has 2 aromatic carbocycles. The highest BCUT2D eigenvalue weighted by Crippen LogP contribution is 2.35. The van der Waals surface area contributed by atoms with E-state index >= 15 is 0 Å². The van der Waals surface area contributed by atoms with Crippen molar-refractivity contribution >= 4 is 40.9 Å². The Labute approximate surface area is 185 Å². The van der Waals surface area contributed by atoms with Crippen LogP contribution in [0.3, 0.4) is 0 Å². The third-order valence-corrected chi connectivity index (χ3v) is 5.15. The number of aryl methyl sites for hydroxylation is 1. The molecule has 0 aliphatic heterocycles. The first-order valence-electron chi connectivity index (χ1n) is 9.58. The van der Waals surface area contributed by atoms with Crippen LogP contribution >= 0.6 is 23.2 Å². The molecule has 0 atom stereocenters. The Bertz CT molecular complexity index is 1090. The van der Waals surface area contributed by atoms with Gasteiger partial charge in [0.05, 0.1) is 15.6 Å². The van der Waals surface area contributed by atoms with Gasteiger partial charge in [0.15, 0.2) is 0 Å². The van der Waals surface area contributed by atoms with Crippen LogP contribution in [0.2, 0.25) is 10.0 Å². The van der Waals surface area contributed by atoms with Crippen molar-refractivity contribution in [2.45, 2.75) is 26.2 Å². The zero-order valence-electron chi connectivity index (χ0n) is 16.4. The minimum absolute atomic E-state index is 0.0729. The van der Waals surface area contributed by atoms with E-state index in [1.807, 2.05) is 30.3 Å². The van der Waals surface area contributed by atoms with Gasteiger partial charge >= 0.3 is 0 Å². The number of halogens is 2. The zero-order valence-corrected chi connectivity index (χ0v) is 17.9. The highest BCUT2D eigenvalue weighted by Gasteiger charge is 2.14. The molecule has 6 heteroatoms. The Balaban J connectivity index is 1.75. The first kappa shape index (κ1) is 21.7. The molecule has 0 saturated heterocycles. The average Bonchev–Trinajstić information content (AvgIpc) is 3.19. The third-order valence-electron chi connectivity index (χ3n) is 4.52. The monoisotopic (exact) mass is 438 g/mol. The molecule has 1 N–H and O–H groups in total. The Morgan fingerprint density at radius 3 is 2.43 bits per heavy atom. The molecule has 0 spiro atoms. The highest BCUT2D eigenvalue weighted by molar-refractivity contribution is 6.39. The summed E-state index contributed by atoms with van der Waals surface area (Å²) in [7, 11) is 0. The molecule has 152 valence electrons. The molecule has 0 saturated carbocycles. The van der Waals surface area contributed by atoms with Crippen LogP contribution in [0.15, 0.2) is 64.6 Å². The summed E-state index contributed by atoms with van der Waals surface area (Å²) in [4.78, 5) is 12.5. The quantitative estimate of drug-likeness (QED) is 0.314. The number of anilines is 1. The van der Waals surface area contributed by atoms with Gasteiger partial charge in [0, 0.05) is 11.8 Å². The van der Waals surface area contributed by atoms with Crippen molar-refractivity contribution in [2.24, 2.45) is 0 Å². The lowest BCUT2D eigenvalue weighted by molar-refractivity contribution is -0.112. The van der Waals surface area contributed by atoms with Crippen molar-refractivity contribution in [3.05, 3.63) is 81.5 Å². The second-order valence-corrected chi connectivity index (χ2v) is 7.54. The van der Waals surface area contributed by atoms with E-state index in [4.69, 9.17) is 27.6 Å². The topological polar surface area (TPSA) is 66.0 Å². The Kier molecular flexibility index (Phi) is 7.35. The molecule has 0 radical (unpaired) electrons. The number of unbranched alkanes of at least 4 members (excludes halogenated alkanes) is 1. The van der Waals surface area contributed by atoms with Crippen LogP contribution in [0.4, 0.5) is 5.69 Å². The van der Waals surface area contributed by atoms with Gasteiger partial charge in [-0.3, -0.25) is 4.79 Å². The minimum atomic E-state index is -0.507. The van der Waals surface area contributed by atoms with E-state index < -0.39 is 5.91 Å². The van der Waals surface area contributed by atoms with Gasteiger partial charge in [-0.25, -0.2) is 0 Å². The number of nitriles is 1. The predicted octanol–water partition coefficient (Wildman–Crippen LogP) is 7.14. The van der Waals surface area contributed by atoms with Crippen LogP contribution in [0.1, 0.15) is 31.1 Å². The van der Waals surface area contributed by atoms with E-state index in [0.717, 1.165) is 19.3 Å². The van der Waals surface area contributed by atoms with E-state index in [9.17, 15) is 10.1 Å². The number of benzene rings is 2. The summed E-state index contributed by atoms with van der Waals surface area (Å²) in [6.45, 7) is 2.15. The molecular weight excluding hydrogens is 419 g/mol. The normalized spacial score (nSPS) is 11.2. The summed E-state index contributed by atoms with van der Waals surface area (Å²) in [5.41, 5.74) is 2.33. The van der Waals surface area contributed by atoms with E-state index in [1.54, 1.807) is 30.3 Å². The van der Waals surface area contributed by atoms with Crippen molar-refractivity contribution in [1.29, 1.82) is 5.26 Å². The fourth-order valence-corrected chi connectivity index (χ4v) is 3.51. The molecule has 30 heavy (non-hydrogen) atoms. The molecule has 0 bridgehead atoms. The van der Waals surface area contributed by atoms with Crippen LogP contribution in [0, 0.1) is 11.3 Å². The van der Waals surface area contributed by atoms with Crippen LogP contribution in [0.25, 0.3) is 17.4 Å². The van der Waals surface area contributed by atoms with Crippen LogP contribution in [-0.4, -0.2) is 5.91 Å². The van der Waals surface area contributed by atoms with E-state index in [-0.39, 0.29) is 5.57 Å². The first-order valence-corrected chi connectivity index (χ1v) is 10.3. The second kappa shape index (κ2) is 10.2. The number of furan rings is 1. The molecule has 4 nitrogen and oxygen atoms in total. The van der Waals surface area contributed by atoms with Crippen LogP contribution in [-0.2, 0) is 11.2 Å². The molecule has 0 fully saturated rings. The van der Waals surface area contributed by atoms with Gasteiger partial charge in [0.2, 0.25) is 0 Å². The van der Waals surface area contributed by atoms with E-state index in [1.165, 1.54) is 11.6 Å². The largest absolute Gasteiger partial charge is 0.457 e. The van der Waals surface area contributed by atoms with Crippen molar-refractivity contribution in [1.82, 2.24) is 0 Å². The van der Waals surface area contributed by atoms with Gasteiger partial charge in [0.1, 0.15) is 23.2 Å². The Morgan fingerprint density at radius 1 is 1.10 bits per heavy atom. The number of carbonyl (C=O) groups is 1. The van der Waals surface area contributed by atoms with Crippen LogP contribution < -0.4 is 5.32 Å². The lowest BCUT2D eigenvalue weighted by atomic mass is 10.1. The molecular formula is C24H20Cl2N2O2. The molecule has 0 aliphatic carbocycles. The standard InChI is InChI=1S/C24H20Cl2N2O2/c1-2-3-5-16-8-10-18(11-9-16)28-24(29)17(15-27)14-19-12-13-22(30-19)23-20(25)6-4-7-21(23)26/h4,6-14H,2-3,5H2,1H3,(H,28,29)/b17-14+. The zero-order chi connectivity index (χ0) is 21.5. The van der Waals surface area contributed by atoms with Crippen molar-refractivity contribution in [3.63, 3.8) is 0 Å². The van der Waals surface area contributed by atoms with Crippen LogP contribution in [0.5, 0.6) is 0 Å². The maximum atomic E-state index is 12.5. The average molecular weight is 439 g/mol. The first-order chi connectivity index (χ1) is 14.5. The summed E-state index contributed by atoms with van der Waals surface area (Å²) < 4.78 is 5.74. The van der Waals surface area contributed by atoms with Gasteiger partial charge in [-0.1, -0.05) is 54.7 Å². The Hall–Kier alpha value is -3.00. The van der Waals surface area contributed by atoms with Crippen molar-refractivity contribution < 1.29 is 9.21 Å². The summed E-state index contributed by atoms with van der Waals surface area (Å²) in [5, 5.41) is 13.1. The van der Waals surface area contributed by atoms with Crippen molar-refractivity contribution in [2.75, 3.05) is 5.32 Å². The van der Waals surface area contributed by atoms with E-state index in [0.29, 0.717) is 32.8 Å². The minimum Gasteiger partial charge on any atom is -0.457 e. The Morgan fingerprint density at radius 2 is 1.80 bits per heavy atom. The number of hydrogen-bond acceptors (Lipinski definition) is 3. The number of amides is 1. The van der Waals surface area contributed by atoms with Gasteiger partial charge in [-0.05, 0) is 54.8 Å². The molecule has 0 aliphatic rings. The molecule has 1 heterocycles. The smallest absolute Gasteiger partial charge is 0.266 e. The SMILES string of the molecule is CCCCc1ccc(NC(=O)/C(C#N)=C/c2ccc(-c3c(Cl)cccc3Cl)o2)cc1.